The molecule has 4 unspecified atom stereocenters. The molecule has 0 saturated carbocycles. The highest BCUT2D eigenvalue weighted by Crippen LogP contribution is 2.32. The molecule has 0 bridgehead atoms. The second-order valence-electron chi connectivity index (χ2n) is 4.44. The topological polar surface area (TPSA) is 127 Å². The zero-order valence-corrected chi connectivity index (χ0v) is 11.1. The van der Waals surface area contributed by atoms with Crippen molar-refractivity contribution in [3.8, 4) is 0 Å². The molecule has 4 atom stereocenters. The molecule has 0 radical (unpaired) electrons. The molecular formula is C11H15ClN4O4. The van der Waals surface area contributed by atoms with E-state index in [0.717, 1.165) is 0 Å². The predicted octanol–water partition coefficient (Wildman–Crippen LogP) is -0.953. The molecule has 110 valence electrons. The van der Waals surface area contributed by atoms with E-state index in [2.05, 4.69) is 9.97 Å². The highest BCUT2D eigenvalue weighted by atomic mass is 35.5. The van der Waals surface area contributed by atoms with Gasteiger partial charge in [0.15, 0.2) is 12.0 Å². The molecule has 3 rings (SSSR count). The lowest BCUT2D eigenvalue weighted by Gasteiger charge is -2.16. The number of nitrogens with two attached hydrogens (primary N) is 1. The maximum atomic E-state index is 9.98. The van der Waals surface area contributed by atoms with Crippen LogP contribution in [-0.4, -0.2) is 54.8 Å². The summed E-state index contributed by atoms with van der Waals surface area (Å²) in [7, 11) is 0. The summed E-state index contributed by atoms with van der Waals surface area (Å²) in [5.74, 6) is 0.281. The van der Waals surface area contributed by atoms with E-state index in [9.17, 15) is 10.2 Å². The first-order chi connectivity index (χ1) is 9.13. The van der Waals surface area contributed by atoms with Gasteiger partial charge >= 0.3 is 0 Å². The molecule has 2 aromatic heterocycles. The van der Waals surface area contributed by atoms with Gasteiger partial charge in [0, 0.05) is 6.20 Å². The maximum Gasteiger partial charge on any atom is 0.164 e. The van der Waals surface area contributed by atoms with Gasteiger partial charge in [-0.3, -0.25) is 0 Å². The number of ether oxygens (including phenoxy) is 1. The van der Waals surface area contributed by atoms with Crippen LogP contribution in [0.15, 0.2) is 18.6 Å². The maximum absolute atomic E-state index is 9.98. The number of rotatable bonds is 2. The summed E-state index contributed by atoms with van der Waals surface area (Å²) in [5, 5.41) is 28.8. The van der Waals surface area contributed by atoms with E-state index in [-0.39, 0.29) is 24.8 Å². The molecule has 2 aromatic rings. The van der Waals surface area contributed by atoms with Crippen LogP contribution >= 0.6 is 12.4 Å². The minimum absolute atomic E-state index is 0. The molecular weight excluding hydrogens is 288 g/mol. The van der Waals surface area contributed by atoms with Crippen LogP contribution in [0.1, 0.15) is 6.23 Å². The Bertz CT molecular complexity index is 607. The van der Waals surface area contributed by atoms with Gasteiger partial charge in [-0.05, 0) is 6.07 Å². The first-order valence-electron chi connectivity index (χ1n) is 5.83. The minimum Gasteiger partial charge on any atom is -0.394 e. The number of hydrogen-bond acceptors (Lipinski definition) is 7. The molecule has 1 fully saturated rings. The molecule has 3 heterocycles. The van der Waals surface area contributed by atoms with Gasteiger partial charge in [0.1, 0.15) is 23.8 Å². The van der Waals surface area contributed by atoms with Gasteiger partial charge in [-0.15, -0.1) is 12.4 Å². The van der Waals surface area contributed by atoms with Crippen LogP contribution in [0.25, 0.3) is 11.0 Å². The van der Waals surface area contributed by atoms with Crippen molar-refractivity contribution < 1.29 is 20.1 Å². The van der Waals surface area contributed by atoms with Gasteiger partial charge in [0.2, 0.25) is 0 Å². The van der Waals surface area contributed by atoms with Crippen LogP contribution in [0.2, 0.25) is 0 Å². The third-order valence-electron chi connectivity index (χ3n) is 3.31. The summed E-state index contributed by atoms with van der Waals surface area (Å²) in [4.78, 5) is 8.03. The van der Waals surface area contributed by atoms with Gasteiger partial charge in [-0.2, -0.15) is 0 Å². The fourth-order valence-corrected chi connectivity index (χ4v) is 2.29. The van der Waals surface area contributed by atoms with Crippen molar-refractivity contribution in [3.63, 3.8) is 0 Å². The van der Waals surface area contributed by atoms with E-state index >= 15 is 0 Å². The predicted molar refractivity (Wildman–Crippen MR) is 72.2 cm³/mol. The van der Waals surface area contributed by atoms with Crippen LogP contribution in [-0.2, 0) is 4.74 Å². The summed E-state index contributed by atoms with van der Waals surface area (Å²) in [6, 6.07) is 1.69. The van der Waals surface area contributed by atoms with Crippen LogP contribution < -0.4 is 5.73 Å². The van der Waals surface area contributed by atoms with Gasteiger partial charge in [0.05, 0.1) is 18.5 Å². The lowest BCUT2D eigenvalue weighted by molar-refractivity contribution is -0.0508. The number of fused-ring (bicyclic) bond motifs is 1. The van der Waals surface area contributed by atoms with Crippen LogP contribution in [0, 0.1) is 0 Å². The Morgan fingerprint density at radius 2 is 2.05 bits per heavy atom. The second-order valence-corrected chi connectivity index (χ2v) is 4.44. The normalized spacial score (nSPS) is 29.6. The van der Waals surface area contributed by atoms with E-state index in [1.165, 1.54) is 12.5 Å². The molecule has 8 nitrogen and oxygen atoms in total. The van der Waals surface area contributed by atoms with Gasteiger partial charge < -0.3 is 30.4 Å². The molecule has 1 aliphatic rings. The minimum atomic E-state index is -1.15. The Morgan fingerprint density at radius 3 is 2.70 bits per heavy atom. The van der Waals surface area contributed by atoms with Gasteiger partial charge in [0.25, 0.3) is 0 Å². The van der Waals surface area contributed by atoms with E-state index < -0.39 is 24.5 Å². The quantitative estimate of drug-likeness (QED) is 0.563. The van der Waals surface area contributed by atoms with Crippen molar-refractivity contribution in [3.05, 3.63) is 18.6 Å². The Hall–Kier alpha value is -1.45. The first kappa shape index (κ1) is 14.9. The third-order valence-corrected chi connectivity index (χ3v) is 3.31. The van der Waals surface area contributed by atoms with Crippen molar-refractivity contribution in [2.45, 2.75) is 24.5 Å². The highest BCUT2D eigenvalue weighted by Gasteiger charge is 2.43. The molecule has 1 saturated heterocycles. The number of hydrogen-bond donors (Lipinski definition) is 4. The number of nitrogens with zero attached hydrogens (tertiary/aromatic N) is 3. The Labute approximate surface area is 120 Å². The average molecular weight is 303 g/mol. The summed E-state index contributed by atoms with van der Waals surface area (Å²) >= 11 is 0. The van der Waals surface area contributed by atoms with Crippen molar-refractivity contribution in [2.75, 3.05) is 12.3 Å². The number of anilines is 1. The van der Waals surface area contributed by atoms with E-state index in [1.807, 2.05) is 0 Å². The number of halogens is 1. The highest BCUT2D eigenvalue weighted by molar-refractivity contribution is 5.85. The van der Waals surface area contributed by atoms with E-state index in [1.54, 1.807) is 10.6 Å². The molecule has 9 heteroatoms. The van der Waals surface area contributed by atoms with Crippen LogP contribution in [0.3, 0.4) is 0 Å². The second kappa shape index (κ2) is 5.51. The molecule has 20 heavy (non-hydrogen) atoms. The third kappa shape index (κ3) is 2.11. The number of nitrogen functional groups attached to an aromatic ring is 1. The smallest absolute Gasteiger partial charge is 0.164 e. The molecule has 0 aromatic carbocycles. The van der Waals surface area contributed by atoms with Gasteiger partial charge in [-0.25, -0.2) is 9.97 Å². The summed E-state index contributed by atoms with van der Waals surface area (Å²) in [6.45, 7) is -0.370. The summed E-state index contributed by atoms with van der Waals surface area (Å²) in [5.41, 5.74) is 6.85. The fourth-order valence-electron chi connectivity index (χ4n) is 2.29. The molecule has 0 amide bonds. The van der Waals surface area contributed by atoms with Crippen molar-refractivity contribution in [2.24, 2.45) is 0 Å². The summed E-state index contributed by atoms with van der Waals surface area (Å²) < 4.78 is 7.01. The van der Waals surface area contributed by atoms with Crippen molar-refractivity contribution in [1.29, 1.82) is 0 Å². The van der Waals surface area contributed by atoms with Crippen LogP contribution in [0.5, 0.6) is 0 Å². The molecule has 1 aliphatic heterocycles. The zero-order valence-electron chi connectivity index (χ0n) is 10.3. The monoisotopic (exact) mass is 302 g/mol. The SMILES string of the molecule is Cl.Nc1nccc2c1ncn2C1OC(CO)C(O)C1O. The molecule has 0 spiro atoms. The molecule has 5 N–H and O–H groups in total. The van der Waals surface area contributed by atoms with Crippen LogP contribution in [0.4, 0.5) is 5.82 Å². The molecule has 0 aliphatic carbocycles. The fraction of sp³-hybridized carbons (Fsp3) is 0.455. The Morgan fingerprint density at radius 1 is 1.30 bits per heavy atom. The Balaban J connectivity index is 0.00000147. The Kier molecular flexibility index (Phi) is 4.11. The standard InChI is InChI=1S/C11H14N4O4.ClH/c12-10-7-5(1-2-13-10)15(4-14-7)11-9(18)8(17)6(3-16)19-11;/h1-2,4,6,8-9,11,16-18H,3H2,(H2,12,13);1H. The number of aromatic nitrogens is 3. The first-order valence-corrected chi connectivity index (χ1v) is 5.83. The zero-order chi connectivity index (χ0) is 13.6. The lowest BCUT2D eigenvalue weighted by atomic mass is 10.1. The van der Waals surface area contributed by atoms with Gasteiger partial charge in [-0.1, -0.05) is 0 Å². The number of aliphatic hydroxyl groups excluding tert-OH is 3. The lowest BCUT2D eigenvalue weighted by Crippen LogP contribution is -2.33. The average Bonchev–Trinajstić information content (AvgIpc) is 2.94. The van der Waals surface area contributed by atoms with E-state index in [4.69, 9.17) is 15.6 Å². The van der Waals surface area contributed by atoms with E-state index in [0.29, 0.717) is 11.0 Å². The number of aliphatic hydroxyl groups is 3. The van der Waals surface area contributed by atoms with Crippen molar-refractivity contribution >= 4 is 29.3 Å². The number of pyridine rings is 1. The van der Waals surface area contributed by atoms with Crippen molar-refractivity contribution in [1.82, 2.24) is 14.5 Å². The number of imidazole rings is 1. The largest absolute Gasteiger partial charge is 0.394 e. The summed E-state index contributed by atoms with van der Waals surface area (Å²) in [6.07, 6.45) is -0.952.